The smallest absolute Gasteiger partial charge is 0.232 e. The van der Waals surface area contributed by atoms with Crippen LogP contribution < -0.4 is 10.6 Å². The third kappa shape index (κ3) is 2.38. The molecule has 0 saturated heterocycles. The van der Waals surface area contributed by atoms with Crippen molar-refractivity contribution in [2.75, 3.05) is 10.6 Å². The SMILES string of the molecule is O=C(C[C@H]1C(=O)Nc2ccccc21)C[C@H]1C(=O)Nc2ccccc21. The minimum absolute atomic E-state index is 0.0799. The summed E-state index contributed by atoms with van der Waals surface area (Å²) in [4.78, 5) is 36.8. The Labute approximate surface area is 139 Å². The van der Waals surface area contributed by atoms with Crippen molar-refractivity contribution in [3.63, 3.8) is 0 Å². The molecule has 0 bridgehead atoms. The molecule has 0 aliphatic carbocycles. The van der Waals surface area contributed by atoms with Crippen LogP contribution in [-0.4, -0.2) is 17.6 Å². The molecule has 0 saturated carbocycles. The van der Waals surface area contributed by atoms with Crippen LogP contribution in [0.3, 0.4) is 0 Å². The fraction of sp³-hybridized carbons (Fsp3) is 0.211. The van der Waals surface area contributed by atoms with E-state index in [0.717, 1.165) is 22.5 Å². The van der Waals surface area contributed by atoms with Crippen molar-refractivity contribution < 1.29 is 14.4 Å². The van der Waals surface area contributed by atoms with Crippen molar-refractivity contribution in [1.82, 2.24) is 0 Å². The van der Waals surface area contributed by atoms with E-state index in [1.54, 1.807) is 0 Å². The second kappa shape index (κ2) is 5.60. The average molecular weight is 320 g/mol. The molecule has 0 radical (unpaired) electrons. The lowest BCUT2D eigenvalue weighted by Gasteiger charge is -2.11. The summed E-state index contributed by atoms with van der Waals surface area (Å²) in [5, 5.41) is 5.60. The van der Waals surface area contributed by atoms with Gasteiger partial charge in [-0.15, -0.1) is 0 Å². The van der Waals surface area contributed by atoms with E-state index >= 15 is 0 Å². The van der Waals surface area contributed by atoms with E-state index in [0.29, 0.717) is 0 Å². The summed E-state index contributed by atoms with van der Waals surface area (Å²) in [6, 6.07) is 14.8. The first-order valence-electron chi connectivity index (χ1n) is 7.95. The highest BCUT2D eigenvalue weighted by molar-refractivity contribution is 6.07. The van der Waals surface area contributed by atoms with Crippen molar-refractivity contribution in [1.29, 1.82) is 0 Å². The normalized spacial score (nSPS) is 21.0. The third-order valence-corrected chi connectivity index (χ3v) is 4.68. The zero-order chi connectivity index (χ0) is 16.7. The number of carbonyl (C=O) groups excluding carboxylic acids is 3. The summed E-state index contributed by atoms with van der Waals surface area (Å²) in [6.45, 7) is 0. The standard InChI is InChI=1S/C19H16N2O3/c22-11(9-14-12-5-1-3-7-16(12)20-18(14)23)10-15-13-6-2-4-8-17(13)21-19(15)24/h1-8,14-15H,9-10H2,(H,20,23)(H,21,24)/t14-,15-/m1/s1. The molecule has 4 rings (SSSR count). The Hall–Kier alpha value is -2.95. The maximum atomic E-state index is 12.5. The molecule has 2 aliphatic heterocycles. The van der Waals surface area contributed by atoms with Crippen molar-refractivity contribution in [3.05, 3.63) is 59.7 Å². The molecule has 2 heterocycles. The van der Waals surface area contributed by atoms with E-state index in [4.69, 9.17) is 0 Å². The van der Waals surface area contributed by atoms with Crippen molar-refractivity contribution >= 4 is 29.0 Å². The molecule has 0 aromatic heterocycles. The van der Waals surface area contributed by atoms with Gasteiger partial charge in [-0.25, -0.2) is 0 Å². The molecule has 0 spiro atoms. The van der Waals surface area contributed by atoms with Crippen LogP contribution in [0.15, 0.2) is 48.5 Å². The Balaban J connectivity index is 1.50. The van der Waals surface area contributed by atoms with Crippen molar-refractivity contribution in [3.8, 4) is 0 Å². The quantitative estimate of drug-likeness (QED) is 0.909. The number of Topliss-reactive ketones (excluding diaryl/α,β-unsaturated/α-hetero) is 1. The summed E-state index contributed by atoms with van der Waals surface area (Å²) in [5.74, 6) is -1.31. The molecule has 2 aromatic carbocycles. The van der Waals surface area contributed by atoms with Gasteiger partial charge in [-0.2, -0.15) is 0 Å². The first-order valence-corrected chi connectivity index (χ1v) is 7.95. The van der Waals surface area contributed by atoms with Crippen LogP contribution in [0.2, 0.25) is 0 Å². The second-order valence-electron chi connectivity index (χ2n) is 6.21. The molecule has 0 unspecified atom stereocenters. The maximum Gasteiger partial charge on any atom is 0.232 e. The van der Waals surface area contributed by atoms with Gasteiger partial charge >= 0.3 is 0 Å². The van der Waals surface area contributed by atoms with Crippen molar-refractivity contribution in [2.45, 2.75) is 24.7 Å². The van der Waals surface area contributed by atoms with Gasteiger partial charge in [0.2, 0.25) is 11.8 Å². The first-order chi connectivity index (χ1) is 11.6. The summed E-state index contributed by atoms with van der Waals surface area (Å²) >= 11 is 0. The zero-order valence-electron chi connectivity index (χ0n) is 12.9. The van der Waals surface area contributed by atoms with Gasteiger partial charge in [0.25, 0.3) is 0 Å². The zero-order valence-corrected chi connectivity index (χ0v) is 12.9. The Kier molecular flexibility index (Phi) is 3.41. The number of hydrogen-bond donors (Lipinski definition) is 2. The number of rotatable bonds is 4. The summed E-state index contributed by atoms with van der Waals surface area (Å²) < 4.78 is 0. The number of nitrogens with one attached hydrogen (secondary N) is 2. The van der Waals surface area contributed by atoms with Gasteiger partial charge in [0.15, 0.2) is 0 Å². The van der Waals surface area contributed by atoms with Crippen LogP contribution in [0.1, 0.15) is 35.8 Å². The van der Waals surface area contributed by atoms with E-state index in [-0.39, 0.29) is 30.4 Å². The third-order valence-electron chi connectivity index (χ3n) is 4.68. The van der Waals surface area contributed by atoms with Gasteiger partial charge in [-0.1, -0.05) is 36.4 Å². The van der Waals surface area contributed by atoms with Crippen molar-refractivity contribution in [2.24, 2.45) is 0 Å². The number of para-hydroxylation sites is 2. The molecule has 2 amide bonds. The molecule has 24 heavy (non-hydrogen) atoms. The Morgan fingerprint density at radius 1 is 0.750 bits per heavy atom. The van der Waals surface area contributed by atoms with E-state index in [1.165, 1.54) is 0 Å². The first kappa shape index (κ1) is 14.6. The Bertz CT molecular complexity index is 790. The van der Waals surface area contributed by atoms with E-state index in [9.17, 15) is 14.4 Å². The van der Waals surface area contributed by atoms with E-state index in [1.807, 2.05) is 48.5 Å². The topological polar surface area (TPSA) is 75.3 Å². The second-order valence-corrected chi connectivity index (χ2v) is 6.21. The number of amides is 2. The number of anilines is 2. The predicted molar refractivity (Wildman–Crippen MR) is 89.9 cm³/mol. The lowest BCUT2D eigenvalue weighted by Crippen LogP contribution is -2.20. The number of ketones is 1. The molecule has 120 valence electrons. The van der Waals surface area contributed by atoms with Crippen LogP contribution in [0.25, 0.3) is 0 Å². The van der Waals surface area contributed by atoms with Crippen LogP contribution in [-0.2, 0) is 14.4 Å². The molecule has 0 fully saturated rings. The molecular formula is C19H16N2O3. The van der Waals surface area contributed by atoms with Crippen LogP contribution in [0, 0.1) is 0 Å². The largest absolute Gasteiger partial charge is 0.325 e. The van der Waals surface area contributed by atoms with Gasteiger partial charge in [0.1, 0.15) is 5.78 Å². The van der Waals surface area contributed by atoms with E-state index < -0.39 is 11.8 Å². The Morgan fingerprint density at radius 2 is 1.17 bits per heavy atom. The van der Waals surface area contributed by atoms with Gasteiger partial charge in [0.05, 0.1) is 11.8 Å². The van der Waals surface area contributed by atoms with Crippen LogP contribution in [0.5, 0.6) is 0 Å². The molecule has 2 aromatic rings. The minimum Gasteiger partial charge on any atom is -0.325 e. The van der Waals surface area contributed by atoms with E-state index in [2.05, 4.69) is 10.6 Å². The Morgan fingerprint density at radius 3 is 1.62 bits per heavy atom. The molecule has 2 atom stereocenters. The summed E-state index contributed by atoms with van der Waals surface area (Å²) in [6.07, 6.45) is 0.240. The highest BCUT2D eigenvalue weighted by Gasteiger charge is 2.35. The average Bonchev–Trinajstić information content (AvgIpc) is 3.05. The monoisotopic (exact) mass is 320 g/mol. The molecule has 5 heteroatoms. The van der Waals surface area contributed by atoms with Crippen LogP contribution in [0.4, 0.5) is 11.4 Å². The number of benzene rings is 2. The van der Waals surface area contributed by atoms with Crippen LogP contribution >= 0.6 is 0 Å². The maximum absolute atomic E-state index is 12.5. The van der Waals surface area contributed by atoms with Gasteiger partial charge < -0.3 is 10.6 Å². The lowest BCUT2D eigenvalue weighted by atomic mass is 9.89. The molecule has 2 aliphatic rings. The fourth-order valence-electron chi connectivity index (χ4n) is 3.50. The fourth-order valence-corrected chi connectivity index (χ4v) is 3.50. The number of hydrogen-bond acceptors (Lipinski definition) is 3. The minimum atomic E-state index is -0.464. The summed E-state index contributed by atoms with van der Waals surface area (Å²) in [7, 11) is 0. The highest BCUT2D eigenvalue weighted by Crippen LogP contribution is 2.38. The number of carbonyl (C=O) groups is 3. The molecule has 5 nitrogen and oxygen atoms in total. The molecule has 2 N–H and O–H groups in total. The lowest BCUT2D eigenvalue weighted by molar-refractivity contribution is -0.125. The van der Waals surface area contributed by atoms with Gasteiger partial charge in [0, 0.05) is 24.2 Å². The highest BCUT2D eigenvalue weighted by atomic mass is 16.2. The summed E-state index contributed by atoms with van der Waals surface area (Å²) in [5.41, 5.74) is 3.24. The van der Waals surface area contributed by atoms with Gasteiger partial charge in [-0.05, 0) is 23.3 Å². The van der Waals surface area contributed by atoms with Gasteiger partial charge in [-0.3, -0.25) is 14.4 Å². The molecular weight excluding hydrogens is 304 g/mol. The predicted octanol–water partition coefficient (Wildman–Crippen LogP) is 2.81. The number of fused-ring (bicyclic) bond motifs is 2.